The lowest BCUT2D eigenvalue weighted by molar-refractivity contribution is -0.136. The van der Waals surface area contributed by atoms with Crippen molar-refractivity contribution in [2.45, 2.75) is 51.2 Å². The van der Waals surface area contributed by atoms with Gasteiger partial charge >= 0.3 is 0 Å². The third kappa shape index (κ3) is 4.77. The summed E-state index contributed by atoms with van der Waals surface area (Å²) in [7, 11) is 0. The van der Waals surface area contributed by atoms with Crippen LogP contribution in [-0.4, -0.2) is 35.2 Å². The summed E-state index contributed by atoms with van der Waals surface area (Å²) in [6, 6.07) is 13.7. The van der Waals surface area contributed by atoms with Crippen LogP contribution in [0.2, 0.25) is 0 Å². The first kappa shape index (κ1) is 21.1. The lowest BCUT2D eigenvalue weighted by atomic mass is 10.0. The number of imide groups is 1. The fourth-order valence-corrected chi connectivity index (χ4v) is 4.18. The summed E-state index contributed by atoms with van der Waals surface area (Å²) in [5.74, 6) is -0.804. The van der Waals surface area contributed by atoms with Gasteiger partial charge in [-0.2, -0.15) is 0 Å². The van der Waals surface area contributed by atoms with Crippen molar-refractivity contribution in [2.75, 3.05) is 11.9 Å². The summed E-state index contributed by atoms with van der Waals surface area (Å²) in [5, 5.41) is 5.74. The molecular formula is C24H28N4O3. The van der Waals surface area contributed by atoms with Crippen molar-refractivity contribution in [3.05, 3.63) is 64.7 Å². The van der Waals surface area contributed by atoms with Gasteiger partial charge in [-0.1, -0.05) is 24.3 Å². The molecule has 0 aliphatic carbocycles. The van der Waals surface area contributed by atoms with E-state index < -0.39 is 6.04 Å². The monoisotopic (exact) mass is 420 g/mol. The highest BCUT2D eigenvalue weighted by atomic mass is 16.2. The van der Waals surface area contributed by atoms with E-state index in [4.69, 9.17) is 5.73 Å². The molecule has 0 radical (unpaired) electrons. The second-order valence-electron chi connectivity index (χ2n) is 8.19. The van der Waals surface area contributed by atoms with Crippen LogP contribution in [0, 0.1) is 0 Å². The molecule has 0 saturated carbocycles. The second kappa shape index (κ2) is 9.31. The number of carbonyl (C=O) groups excluding carboxylic acids is 3. The largest absolute Gasteiger partial charge is 0.381 e. The average Bonchev–Trinajstić information content (AvgIpc) is 3.09. The van der Waals surface area contributed by atoms with Crippen LogP contribution in [-0.2, 0) is 29.1 Å². The zero-order valence-corrected chi connectivity index (χ0v) is 17.5. The molecule has 31 heavy (non-hydrogen) atoms. The minimum atomic E-state index is -0.581. The zero-order chi connectivity index (χ0) is 21.8. The molecule has 4 rings (SSSR count). The molecule has 2 heterocycles. The number of rotatable bonds is 8. The van der Waals surface area contributed by atoms with Crippen LogP contribution in [0.4, 0.5) is 5.69 Å². The van der Waals surface area contributed by atoms with Gasteiger partial charge in [-0.3, -0.25) is 19.7 Å². The minimum absolute atomic E-state index is 0.145. The Morgan fingerprint density at radius 2 is 1.81 bits per heavy atom. The Hall–Kier alpha value is -3.19. The van der Waals surface area contributed by atoms with Gasteiger partial charge in [0.15, 0.2) is 0 Å². The van der Waals surface area contributed by atoms with Crippen LogP contribution in [0.25, 0.3) is 0 Å². The number of hydrogen-bond donors (Lipinski definition) is 3. The van der Waals surface area contributed by atoms with Gasteiger partial charge in [0.05, 0.1) is 0 Å². The molecule has 2 aromatic carbocycles. The molecule has 2 aliphatic rings. The Labute approximate surface area is 182 Å². The van der Waals surface area contributed by atoms with Crippen LogP contribution >= 0.6 is 0 Å². The van der Waals surface area contributed by atoms with Crippen LogP contribution < -0.4 is 16.4 Å². The van der Waals surface area contributed by atoms with Crippen molar-refractivity contribution in [3.8, 4) is 0 Å². The van der Waals surface area contributed by atoms with Gasteiger partial charge < -0.3 is 16.0 Å². The fraction of sp³-hybridized carbons (Fsp3) is 0.375. The lowest BCUT2D eigenvalue weighted by Crippen LogP contribution is -2.52. The maximum atomic E-state index is 12.9. The second-order valence-corrected chi connectivity index (χ2v) is 8.19. The van der Waals surface area contributed by atoms with Crippen molar-refractivity contribution < 1.29 is 14.4 Å². The maximum absolute atomic E-state index is 12.9. The van der Waals surface area contributed by atoms with Crippen LogP contribution in [0.5, 0.6) is 0 Å². The number of nitrogens with one attached hydrogen (secondary N) is 2. The van der Waals surface area contributed by atoms with Crippen LogP contribution in [0.3, 0.4) is 0 Å². The van der Waals surface area contributed by atoms with Crippen LogP contribution in [0.1, 0.15) is 52.7 Å². The zero-order valence-electron chi connectivity index (χ0n) is 17.5. The highest BCUT2D eigenvalue weighted by Crippen LogP contribution is 2.28. The highest BCUT2D eigenvalue weighted by molar-refractivity contribution is 6.05. The van der Waals surface area contributed by atoms with E-state index in [9.17, 15) is 14.4 Å². The Balaban J connectivity index is 1.37. The predicted molar refractivity (Wildman–Crippen MR) is 118 cm³/mol. The molecule has 3 amide bonds. The van der Waals surface area contributed by atoms with Crippen molar-refractivity contribution in [1.82, 2.24) is 10.2 Å². The minimum Gasteiger partial charge on any atom is -0.381 e. The molecule has 7 heteroatoms. The highest BCUT2D eigenvalue weighted by Gasteiger charge is 2.39. The number of amides is 3. The Kier molecular flexibility index (Phi) is 6.32. The molecule has 2 aliphatic heterocycles. The van der Waals surface area contributed by atoms with E-state index in [1.165, 1.54) is 5.56 Å². The number of aryl methyl sites for hydroxylation is 1. The Morgan fingerprint density at radius 1 is 1.03 bits per heavy atom. The third-order valence-electron chi connectivity index (χ3n) is 5.96. The smallest absolute Gasteiger partial charge is 0.255 e. The normalized spacial score (nSPS) is 18.2. The number of hydrogen-bond acceptors (Lipinski definition) is 5. The molecular weight excluding hydrogens is 392 g/mol. The van der Waals surface area contributed by atoms with Crippen molar-refractivity contribution in [2.24, 2.45) is 5.73 Å². The van der Waals surface area contributed by atoms with E-state index in [0.717, 1.165) is 42.6 Å². The Morgan fingerprint density at radius 3 is 2.55 bits per heavy atom. The van der Waals surface area contributed by atoms with Gasteiger partial charge in [-0.25, -0.2) is 0 Å². The number of piperidine rings is 1. The third-order valence-corrected chi connectivity index (χ3v) is 5.96. The summed E-state index contributed by atoms with van der Waals surface area (Å²) < 4.78 is 0. The van der Waals surface area contributed by atoms with Gasteiger partial charge in [0.2, 0.25) is 11.8 Å². The van der Waals surface area contributed by atoms with Crippen molar-refractivity contribution >= 4 is 23.4 Å². The average molecular weight is 421 g/mol. The van der Waals surface area contributed by atoms with E-state index in [0.29, 0.717) is 25.1 Å². The molecule has 1 fully saturated rings. The Bertz CT molecular complexity index is 987. The molecule has 1 unspecified atom stereocenters. The molecule has 0 aromatic heterocycles. The van der Waals surface area contributed by atoms with Crippen molar-refractivity contribution in [3.63, 3.8) is 0 Å². The fourth-order valence-electron chi connectivity index (χ4n) is 4.18. The number of anilines is 1. The lowest BCUT2D eigenvalue weighted by Gasteiger charge is -2.29. The van der Waals surface area contributed by atoms with Gasteiger partial charge in [-0.05, 0) is 67.1 Å². The molecule has 0 bridgehead atoms. The number of nitrogens with zero attached hydrogens (tertiary/aromatic N) is 1. The first-order chi connectivity index (χ1) is 15.0. The molecule has 7 nitrogen and oxygen atoms in total. The van der Waals surface area contributed by atoms with Gasteiger partial charge in [0, 0.05) is 30.8 Å². The first-order valence-electron chi connectivity index (χ1n) is 10.8. The van der Waals surface area contributed by atoms with E-state index >= 15 is 0 Å². The number of fused-ring (bicyclic) bond motifs is 1. The quantitative estimate of drug-likeness (QED) is 0.449. The topological polar surface area (TPSA) is 105 Å². The standard InChI is InChI=1S/C24H28N4O3/c25-12-2-1-3-16-5-8-19(9-6-16)26-14-17-4-7-18-15-28(24(31)20(18)13-17)21-10-11-22(29)27-23(21)30/h4-9,13,21,26H,1-3,10-12,14-15,25H2,(H,27,29,30). The number of nitrogens with two attached hydrogens (primary N) is 1. The van der Waals surface area contributed by atoms with Gasteiger partial charge in [-0.15, -0.1) is 0 Å². The van der Waals surface area contributed by atoms with E-state index in [2.05, 4.69) is 34.9 Å². The first-order valence-corrected chi connectivity index (χ1v) is 10.8. The number of unbranched alkanes of at least 4 members (excludes halogenated alkanes) is 1. The molecule has 1 saturated heterocycles. The number of carbonyl (C=O) groups is 3. The van der Waals surface area contributed by atoms with Crippen molar-refractivity contribution in [1.29, 1.82) is 0 Å². The summed E-state index contributed by atoms with van der Waals surface area (Å²) in [5.41, 5.74) is 10.4. The molecule has 0 spiro atoms. The maximum Gasteiger partial charge on any atom is 0.255 e. The summed E-state index contributed by atoms with van der Waals surface area (Å²) in [6.45, 7) is 1.74. The van der Waals surface area contributed by atoms with Gasteiger partial charge in [0.1, 0.15) is 6.04 Å². The molecule has 162 valence electrons. The van der Waals surface area contributed by atoms with Crippen LogP contribution in [0.15, 0.2) is 42.5 Å². The summed E-state index contributed by atoms with van der Waals surface area (Å²) in [6.07, 6.45) is 3.81. The van der Waals surface area contributed by atoms with Gasteiger partial charge in [0.25, 0.3) is 5.91 Å². The summed E-state index contributed by atoms with van der Waals surface area (Å²) >= 11 is 0. The molecule has 2 aromatic rings. The number of benzene rings is 2. The summed E-state index contributed by atoms with van der Waals surface area (Å²) in [4.78, 5) is 38.1. The molecule has 1 atom stereocenters. The van der Waals surface area contributed by atoms with E-state index in [-0.39, 0.29) is 24.1 Å². The van der Waals surface area contributed by atoms with E-state index in [1.807, 2.05) is 18.2 Å². The predicted octanol–water partition coefficient (Wildman–Crippen LogP) is 2.34. The molecule has 4 N–H and O–H groups in total. The SMILES string of the molecule is NCCCCc1ccc(NCc2ccc3c(c2)C(=O)N(C2CCC(=O)NC2=O)C3)cc1. The van der Waals surface area contributed by atoms with E-state index in [1.54, 1.807) is 4.90 Å².